The van der Waals surface area contributed by atoms with Crippen LogP contribution in [0.1, 0.15) is 60.5 Å². The number of Topliss-reactive ketones (excluding diaryl/α,β-unsaturated/α-hetero) is 1. The number of fused-ring (bicyclic) bond motifs is 1. The zero-order chi connectivity index (χ0) is 17.0. The molecule has 0 saturated carbocycles. The third kappa shape index (κ3) is 4.01. The van der Waals surface area contributed by atoms with E-state index in [1.807, 2.05) is 6.92 Å². The SMILES string of the molecule is C=C(CCCCCC)C(=O)c1cc2c(cc1C)OC(C(=O)O)C2. The number of hydrogen-bond donors (Lipinski definition) is 1. The van der Waals surface area contributed by atoms with Crippen LogP contribution in [-0.4, -0.2) is 23.0 Å². The number of rotatable bonds is 8. The van der Waals surface area contributed by atoms with E-state index in [1.165, 1.54) is 6.42 Å². The summed E-state index contributed by atoms with van der Waals surface area (Å²) in [4.78, 5) is 23.6. The Kier molecular flexibility index (Phi) is 5.59. The van der Waals surface area contributed by atoms with Crippen molar-refractivity contribution in [1.82, 2.24) is 0 Å². The van der Waals surface area contributed by atoms with Crippen LogP contribution in [0.25, 0.3) is 0 Å². The summed E-state index contributed by atoms with van der Waals surface area (Å²) in [5.74, 6) is -0.451. The van der Waals surface area contributed by atoms with Gasteiger partial charge in [0.2, 0.25) is 0 Å². The molecule has 0 saturated heterocycles. The second-order valence-electron chi connectivity index (χ2n) is 6.17. The molecule has 0 amide bonds. The number of aryl methyl sites for hydroxylation is 1. The summed E-state index contributed by atoms with van der Waals surface area (Å²) >= 11 is 0. The molecule has 0 fully saturated rings. The van der Waals surface area contributed by atoms with Gasteiger partial charge in [-0.3, -0.25) is 4.79 Å². The minimum atomic E-state index is -0.980. The summed E-state index contributed by atoms with van der Waals surface area (Å²) < 4.78 is 5.40. The molecule has 0 bridgehead atoms. The molecule has 1 aromatic carbocycles. The first-order valence-corrected chi connectivity index (χ1v) is 8.19. The fourth-order valence-corrected chi connectivity index (χ4v) is 2.84. The number of ketones is 1. The zero-order valence-corrected chi connectivity index (χ0v) is 13.9. The van der Waals surface area contributed by atoms with Crippen LogP contribution < -0.4 is 4.74 Å². The highest BCUT2D eigenvalue weighted by Gasteiger charge is 2.30. The topological polar surface area (TPSA) is 63.6 Å². The molecule has 1 aliphatic heterocycles. The maximum absolute atomic E-state index is 12.6. The van der Waals surface area contributed by atoms with Gasteiger partial charge in [-0.05, 0) is 48.6 Å². The van der Waals surface area contributed by atoms with E-state index in [2.05, 4.69) is 13.5 Å². The van der Waals surface area contributed by atoms with Gasteiger partial charge >= 0.3 is 5.97 Å². The highest BCUT2D eigenvalue weighted by Crippen LogP contribution is 2.32. The minimum absolute atomic E-state index is 0.0411. The average Bonchev–Trinajstić information content (AvgIpc) is 2.93. The van der Waals surface area contributed by atoms with E-state index in [-0.39, 0.29) is 5.78 Å². The Morgan fingerprint density at radius 2 is 2.04 bits per heavy atom. The predicted molar refractivity (Wildman–Crippen MR) is 89.2 cm³/mol. The van der Waals surface area contributed by atoms with Crippen LogP contribution >= 0.6 is 0 Å². The lowest BCUT2D eigenvalue weighted by atomic mass is 9.94. The van der Waals surface area contributed by atoms with Crippen molar-refractivity contribution in [2.45, 2.75) is 58.5 Å². The van der Waals surface area contributed by atoms with Crippen LogP contribution in [-0.2, 0) is 11.2 Å². The molecule has 0 aromatic heterocycles. The van der Waals surface area contributed by atoms with E-state index in [0.717, 1.165) is 30.4 Å². The first-order chi connectivity index (χ1) is 10.9. The number of carboxylic acid groups (broad SMARTS) is 1. The third-order valence-corrected chi connectivity index (χ3v) is 4.26. The normalized spacial score (nSPS) is 15.8. The van der Waals surface area contributed by atoms with Gasteiger partial charge in [0.15, 0.2) is 11.9 Å². The fourth-order valence-electron chi connectivity index (χ4n) is 2.84. The summed E-state index contributed by atoms with van der Waals surface area (Å²) in [7, 11) is 0. The molecule has 124 valence electrons. The Labute approximate surface area is 137 Å². The van der Waals surface area contributed by atoms with Gasteiger partial charge in [-0.1, -0.05) is 32.8 Å². The van der Waals surface area contributed by atoms with Crippen LogP contribution in [0, 0.1) is 6.92 Å². The number of unbranched alkanes of at least 4 members (excludes halogenated alkanes) is 3. The second-order valence-corrected chi connectivity index (χ2v) is 6.17. The second kappa shape index (κ2) is 7.44. The number of aliphatic carboxylic acids is 1. The Bertz CT molecular complexity index is 631. The predicted octanol–water partition coefficient (Wildman–Crippen LogP) is 4.09. The first kappa shape index (κ1) is 17.3. The van der Waals surface area contributed by atoms with Crippen molar-refractivity contribution in [3.8, 4) is 5.75 Å². The Balaban J connectivity index is 2.09. The number of allylic oxidation sites excluding steroid dienone is 1. The molecule has 23 heavy (non-hydrogen) atoms. The summed E-state index contributed by atoms with van der Waals surface area (Å²) in [6, 6.07) is 3.53. The van der Waals surface area contributed by atoms with Gasteiger partial charge in [0.1, 0.15) is 5.75 Å². The molecule has 1 unspecified atom stereocenters. The zero-order valence-electron chi connectivity index (χ0n) is 13.9. The van der Waals surface area contributed by atoms with E-state index < -0.39 is 12.1 Å². The van der Waals surface area contributed by atoms with Crippen LogP contribution in [0.4, 0.5) is 0 Å². The number of carboxylic acids is 1. The van der Waals surface area contributed by atoms with Crippen molar-refractivity contribution in [1.29, 1.82) is 0 Å². The van der Waals surface area contributed by atoms with Crippen molar-refractivity contribution < 1.29 is 19.4 Å². The highest BCUT2D eigenvalue weighted by atomic mass is 16.5. The molecule has 0 aliphatic carbocycles. The lowest BCUT2D eigenvalue weighted by molar-refractivity contribution is -0.144. The molecule has 0 radical (unpaired) electrons. The van der Waals surface area contributed by atoms with E-state index in [4.69, 9.17) is 9.84 Å². The standard InChI is InChI=1S/C19H24O4/c1-4-5-6-7-8-12(2)18(20)15-10-14-11-17(19(21)22)23-16(14)9-13(15)3/h9-10,17H,2,4-8,11H2,1,3H3,(H,21,22). The molecule has 1 heterocycles. The Hall–Kier alpha value is -2.10. The summed E-state index contributed by atoms with van der Waals surface area (Å²) in [6.07, 6.45) is 4.58. The number of ether oxygens (including phenoxy) is 1. The molecule has 1 N–H and O–H groups in total. The van der Waals surface area contributed by atoms with Crippen LogP contribution in [0.2, 0.25) is 0 Å². The molecule has 4 heteroatoms. The number of carbonyl (C=O) groups is 2. The van der Waals surface area contributed by atoms with Crippen LogP contribution in [0.15, 0.2) is 24.3 Å². The van der Waals surface area contributed by atoms with Crippen LogP contribution in [0.3, 0.4) is 0 Å². The number of benzene rings is 1. The molecule has 2 rings (SSSR count). The number of hydrogen-bond acceptors (Lipinski definition) is 3. The molecule has 1 aliphatic rings. The lowest BCUT2D eigenvalue weighted by Crippen LogP contribution is -2.24. The molecular weight excluding hydrogens is 292 g/mol. The quantitative estimate of drug-likeness (QED) is 0.446. The monoisotopic (exact) mass is 316 g/mol. The van der Waals surface area contributed by atoms with Crippen molar-refractivity contribution in [3.63, 3.8) is 0 Å². The highest BCUT2D eigenvalue weighted by molar-refractivity contribution is 6.09. The third-order valence-electron chi connectivity index (χ3n) is 4.26. The van der Waals surface area contributed by atoms with Gasteiger partial charge in [0, 0.05) is 12.0 Å². The number of carbonyl (C=O) groups excluding carboxylic acids is 1. The van der Waals surface area contributed by atoms with Crippen LogP contribution in [0.5, 0.6) is 5.75 Å². The van der Waals surface area contributed by atoms with Gasteiger partial charge in [-0.15, -0.1) is 0 Å². The van der Waals surface area contributed by atoms with Crippen molar-refractivity contribution in [2.24, 2.45) is 0 Å². The molecule has 1 atom stereocenters. The van der Waals surface area contributed by atoms with E-state index in [0.29, 0.717) is 29.7 Å². The largest absolute Gasteiger partial charge is 0.478 e. The first-order valence-electron chi connectivity index (χ1n) is 8.19. The van der Waals surface area contributed by atoms with Gasteiger partial charge < -0.3 is 9.84 Å². The molecular formula is C19H24O4. The molecule has 4 nitrogen and oxygen atoms in total. The summed E-state index contributed by atoms with van der Waals surface area (Å²) in [5.41, 5.74) is 2.82. The maximum Gasteiger partial charge on any atom is 0.345 e. The van der Waals surface area contributed by atoms with Crippen molar-refractivity contribution in [2.75, 3.05) is 0 Å². The molecule has 1 aromatic rings. The lowest BCUT2D eigenvalue weighted by Gasteiger charge is -2.10. The summed E-state index contributed by atoms with van der Waals surface area (Å²) in [5, 5.41) is 9.06. The van der Waals surface area contributed by atoms with Crippen molar-refractivity contribution >= 4 is 11.8 Å². The van der Waals surface area contributed by atoms with Gasteiger partial charge in [-0.25, -0.2) is 4.79 Å². The Morgan fingerprint density at radius 3 is 2.70 bits per heavy atom. The smallest absolute Gasteiger partial charge is 0.345 e. The Morgan fingerprint density at radius 1 is 1.30 bits per heavy atom. The average molecular weight is 316 g/mol. The van der Waals surface area contributed by atoms with E-state index >= 15 is 0 Å². The van der Waals surface area contributed by atoms with E-state index in [1.54, 1.807) is 12.1 Å². The van der Waals surface area contributed by atoms with Crippen molar-refractivity contribution in [3.05, 3.63) is 41.0 Å². The fraction of sp³-hybridized carbons (Fsp3) is 0.474. The van der Waals surface area contributed by atoms with Gasteiger partial charge in [0.25, 0.3) is 0 Å². The minimum Gasteiger partial charge on any atom is -0.478 e. The summed E-state index contributed by atoms with van der Waals surface area (Å²) in [6.45, 7) is 7.93. The van der Waals surface area contributed by atoms with Gasteiger partial charge in [-0.2, -0.15) is 0 Å². The molecule has 0 spiro atoms. The van der Waals surface area contributed by atoms with Gasteiger partial charge in [0.05, 0.1) is 0 Å². The maximum atomic E-state index is 12.6. The van der Waals surface area contributed by atoms with E-state index in [9.17, 15) is 9.59 Å².